The molecule has 1 unspecified atom stereocenters. The van der Waals surface area contributed by atoms with Crippen molar-refractivity contribution >= 4 is 38.1 Å². The molecule has 1 rings (SSSR count). The third-order valence-corrected chi connectivity index (χ3v) is 5.01. The van der Waals surface area contributed by atoms with Gasteiger partial charge in [0.15, 0.2) is 9.84 Å². The lowest BCUT2D eigenvalue weighted by atomic mass is 10.3. The molecule has 8 heteroatoms. The first-order chi connectivity index (χ1) is 8.12. The maximum absolute atomic E-state index is 11.6. The minimum atomic E-state index is -3.47. The molecule has 1 atom stereocenters. The monoisotopic (exact) mass is 291 g/mol. The number of carbonyl (C=O) groups excluding carboxylic acids is 1. The van der Waals surface area contributed by atoms with Gasteiger partial charge in [0, 0.05) is 6.26 Å². The van der Waals surface area contributed by atoms with Crippen LogP contribution in [0, 0.1) is 6.92 Å². The Labute approximate surface area is 109 Å². The molecule has 18 heavy (non-hydrogen) atoms. The van der Waals surface area contributed by atoms with Gasteiger partial charge >= 0.3 is 5.97 Å². The molecule has 0 saturated heterocycles. The molecule has 0 aliphatic carbocycles. The Bertz CT molecular complexity index is 587. The van der Waals surface area contributed by atoms with Crippen molar-refractivity contribution in [2.24, 2.45) is 0 Å². The highest BCUT2D eigenvalue weighted by atomic mass is 32.2. The number of sulfone groups is 1. The third-order valence-electron chi connectivity index (χ3n) is 2.37. The standard InChI is InChI=1S/C10H13NO5S2/c1-5-4-7(17-8(5)10(13)14)11-9(12)6(2)18(3,15)16/h4,6H,1-3H3,(H,11,12)(H,13,14). The molecule has 0 fully saturated rings. The predicted octanol–water partition coefficient (Wildman–Crippen LogP) is 1.13. The maximum atomic E-state index is 11.6. The van der Waals surface area contributed by atoms with Gasteiger partial charge in [-0.1, -0.05) is 0 Å². The molecule has 1 amide bonds. The second-order valence-electron chi connectivity index (χ2n) is 3.89. The summed E-state index contributed by atoms with van der Waals surface area (Å²) >= 11 is 0.898. The quantitative estimate of drug-likeness (QED) is 0.866. The highest BCUT2D eigenvalue weighted by molar-refractivity contribution is 7.92. The largest absolute Gasteiger partial charge is 0.477 e. The molecule has 1 heterocycles. The molecule has 0 spiro atoms. The highest BCUT2D eigenvalue weighted by Gasteiger charge is 2.24. The van der Waals surface area contributed by atoms with Gasteiger partial charge in [0.05, 0.1) is 5.00 Å². The molecule has 0 aromatic carbocycles. The summed E-state index contributed by atoms with van der Waals surface area (Å²) in [5.41, 5.74) is 0.523. The fraction of sp³-hybridized carbons (Fsp3) is 0.400. The van der Waals surface area contributed by atoms with Gasteiger partial charge in [0.25, 0.3) is 0 Å². The van der Waals surface area contributed by atoms with Crippen LogP contribution in [-0.4, -0.2) is 36.9 Å². The molecule has 0 radical (unpaired) electrons. The molecule has 1 aromatic rings. The number of thiophene rings is 1. The summed E-state index contributed by atoms with van der Waals surface area (Å²) in [4.78, 5) is 22.6. The molecular weight excluding hydrogens is 278 g/mol. The van der Waals surface area contributed by atoms with Crippen LogP contribution in [0.2, 0.25) is 0 Å². The second kappa shape index (κ2) is 5.07. The summed E-state index contributed by atoms with van der Waals surface area (Å²) in [5.74, 6) is -1.75. The molecule has 0 saturated carbocycles. The number of aryl methyl sites for hydroxylation is 1. The lowest BCUT2D eigenvalue weighted by molar-refractivity contribution is -0.115. The summed E-state index contributed by atoms with van der Waals surface area (Å²) in [5, 5.41) is 10.4. The Balaban J connectivity index is 2.90. The van der Waals surface area contributed by atoms with E-state index in [1.54, 1.807) is 6.92 Å². The third kappa shape index (κ3) is 3.30. The normalized spacial score (nSPS) is 13.1. The first-order valence-electron chi connectivity index (χ1n) is 4.96. The fourth-order valence-electron chi connectivity index (χ4n) is 1.17. The van der Waals surface area contributed by atoms with Crippen LogP contribution < -0.4 is 5.32 Å². The van der Waals surface area contributed by atoms with Gasteiger partial charge in [0.2, 0.25) is 5.91 Å². The van der Waals surface area contributed by atoms with E-state index in [-0.39, 0.29) is 4.88 Å². The van der Waals surface area contributed by atoms with E-state index in [9.17, 15) is 18.0 Å². The van der Waals surface area contributed by atoms with E-state index in [1.165, 1.54) is 13.0 Å². The van der Waals surface area contributed by atoms with E-state index in [2.05, 4.69) is 5.32 Å². The lowest BCUT2D eigenvalue weighted by Crippen LogP contribution is -2.31. The van der Waals surface area contributed by atoms with Crippen LogP contribution in [0.5, 0.6) is 0 Å². The zero-order valence-corrected chi connectivity index (χ0v) is 11.7. The number of aromatic carboxylic acids is 1. The van der Waals surface area contributed by atoms with E-state index in [4.69, 9.17) is 5.11 Å². The van der Waals surface area contributed by atoms with Crippen LogP contribution in [0.15, 0.2) is 6.07 Å². The number of carbonyl (C=O) groups is 2. The van der Waals surface area contributed by atoms with Crippen LogP contribution in [0.3, 0.4) is 0 Å². The highest BCUT2D eigenvalue weighted by Crippen LogP contribution is 2.26. The number of hydrogen-bond donors (Lipinski definition) is 2. The first kappa shape index (κ1) is 14.7. The van der Waals surface area contributed by atoms with Gasteiger partial charge in [-0.15, -0.1) is 11.3 Å². The SMILES string of the molecule is Cc1cc(NC(=O)C(C)S(C)(=O)=O)sc1C(=O)O. The van der Waals surface area contributed by atoms with Gasteiger partial charge in [-0.05, 0) is 25.5 Å². The van der Waals surface area contributed by atoms with Gasteiger partial charge in [-0.3, -0.25) is 4.79 Å². The van der Waals surface area contributed by atoms with E-state index in [0.29, 0.717) is 10.6 Å². The first-order valence-corrected chi connectivity index (χ1v) is 7.73. The van der Waals surface area contributed by atoms with Crippen molar-refractivity contribution in [1.29, 1.82) is 0 Å². The number of hydrogen-bond acceptors (Lipinski definition) is 5. The molecule has 2 N–H and O–H groups in total. The maximum Gasteiger partial charge on any atom is 0.346 e. The molecule has 0 aliphatic heterocycles. The van der Waals surface area contributed by atoms with Crippen LogP contribution in [0.1, 0.15) is 22.2 Å². The van der Waals surface area contributed by atoms with Crippen LogP contribution >= 0.6 is 11.3 Å². The molecule has 1 aromatic heterocycles. The minimum Gasteiger partial charge on any atom is -0.477 e. The number of carboxylic acid groups (broad SMARTS) is 1. The van der Waals surface area contributed by atoms with Crippen molar-refractivity contribution in [2.75, 3.05) is 11.6 Å². The summed E-state index contributed by atoms with van der Waals surface area (Å²) in [7, 11) is -3.47. The van der Waals surface area contributed by atoms with Crippen molar-refractivity contribution in [3.63, 3.8) is 0 Å². The summed E-state index contributed by atoms with van der Waals surface area (Å²) in [6.07, 6.45) is 0.972. The average molecular weight is 291 g/mol. The number of rotatable bonds is 4. The predicted molar refractivity (Wildman–Crippen MR) is 69.0 cm³/mol. The molecular formula is C10H13NO5S2. The van der Waals surface area contributed by atoms with E-state index in [0.717, 1.165) is 17.6 Å². The van der Waals surface area contributed by atoms with Gasteiger partial charge in [-0.25, -0.2) is 13.2 Å². The topological polar surface area (TPSA) is 101 Å². The van der Waals surface area contributed by atoms with Gasteiger partial charge < -0.3 is 10.4 Å². The van der Waals surface area contributed by atoms with Crippen molar-refractivity contribution in [2.45, 2.75) is 19.1 Å². The molecule has 0 aliphatic rings. The number of carboxylic acids is 1. The van der Waals surface area contributed by atoms with Crippen LogP contribution in [0.4, 0.5) is 5.00 Å². The van der Waals surface area contributed by atoms with Gasteiger partial charge in [0.1, 0.15) is 10.1 Å². The molecule has 6 nitrogen and oxygen atoms in total. The van der Waals surface area contributed by atoms with E-state index >= 15 is 0 Å². The summed E-state index contributed by atoms with van der Waals surface area (Å²) in [6, 6.07) is 1.50. The van der Waals surface area contributed by atoms with Gasteiger partial charge in [-0.2, -0.15) is 0 Å². The minimum absolute atomic E-state index is 0.123. The summed E-state index contributed by atoms with van der Waals surface area (Å²) < 4.78 is 22.4. The van der Waals surface area contributed by atoms with Crippen molar-refractivity contribution in [3.05, 3.63) is 16.5 Å². The lowest BCUT2D eigenvalue weighted by Gasteiger charge is -2.08. The number of nitrogens with one attached hydrogen (secondary N) is 1. The second-order valence-corrected chi connectivity index (χ2v) is 7.31. The van der Waals surface area contributed by atoms with E-state index < -0.39 is 27.0 Å². The summed E-state index contributed by atoms with van der Waals surface area (Å²) in [6.45, 7) is 2.89. The number of anilines is 1. The van der Waals surface area contributed by atoms with Crippen molar-refractivity contribution in [1.82, 2.24) is 0 Å². The Morgan fingerprint density at radius 3 is 2.39 bits per heavy atom. The fourth-order valence-corrected chi connectivity index (χ4v) is 2.54. The Morgan fingerprint density at radius 1 is 1.44 bits per heavy atom. The Kier molecular flexibility index (Phi) is 4.12. The Hall–Kier alpha value is -1.41. The zero-order valence-electron chi connectivity index (χ0n) is 10.1. The smallest absolute Gasteiger partial charge is 0.346 e. The molecule has 0 bridgehead atoms. The van der Waals surface area contributed by atoms with Crippen LogP contribution in [0.25, 0.3) is 0 Å². The van der Waals surface area contributed by atoms with Crippen molar-refractivity contribution < 1.29 is 23.1 Å². The van der Waals surface area contributed by atoms with E-state index in [1.807, 2.05) is 0 Å². The number of amides is 1. The van der Waals surface area contributed by atoms with Crippen LogP contribution in [-0.2, 0) is 14.6 Å². The zero-order chi connectivity index (χ0) is 14.1. The average Bonchev–Trinajstić information content (AvgIpc) is 2.56. The van der Waals surface area contributed by atoms with Crippen molar-refractivity contribution in [3.8, 4) is 0 Å². The Morgan fingerprint density at radius 2 is 2.00 bits per heavy atom. The molecule has 100 valence electrons.